The van der Waals surface area contributed by atoms with Gasteiger partial charge in [-0.3, -0.25) is 14.4 Å². The topological polar surface area (TPSA) is 144 Å². The molecule has 0 bridgehead atoms. The maximum Gasteiger partial charge on any atom is 0.431 e. The van der Waals surface area contributed by atoms with Crippen LogP contribution in [0.5, 0.6) is 0 Å². The van der Waals surface area contributed by atoms with E-state index in [0.717, 1.165) is 5.56 Å². The Labute approximate surface area is 174 Å². The number of ether oxygens (including phenoxy) is 2. The van der Waals surface area contributed by atoms with Gasteiger partial charge >= 0.3 is 12.2 Å². The van der Waals surface area contributed by atoms with Crippen LogP contribution in [0.3, 0.4) is 0 Å². The van der Waals surface area contributed by atoms with Crippen LogP contribution in [0.2, 0.25) is 0 Å². The first kappa shape index (κ1) is 24.7. The molecule has 11 nitrogen and oxygen atoms in total. The van der Waals surface area contributed by atoms with Crippen molar-refractivity contribution in [3.8, 4) is 0 Å². The molecule has 1 rings (SSSR count). The molecule has 0 aliphatic carbocycles. The number of carbonyl (C=O) groups is 4. The van der Waals surface area contributed by atoms with Crippen LogP contribution in [-0.2, 0) is 30.5 Å². The van der Waals surface area contributed by atoms with Crippen LogP contribution in [0, 0.1) is 0 Å². The zero-order chi connectivity index (χ0) is 22.4. The third-order valence-electron chi connectivity index (χ3n) is 3.13. The predicted octanol–water partition coefficient (Wildman–Crippen LogP) is 0.602. The molecule has 0 saturated heterocycles. The Bertz CT molecular complexity index is 705. The minimum absolute atomic E-state index is 0.00768. The molecule has 0 aromatic heterocycles. The lowest BCUT2D eigenvalue weighted by molar-refractivity contribution is -0.125. The number of nitrogens with one attached hydrogen (secondary N) is 4. The molecule has 1 aromatic rings. The summed E-state index contributed by atoms with van der Waals surface area (Å²) >= 11 is 0. The summed E-state index contributed by atoms with van der Waals surface area (Å²) < 4.78 is 9.92. The van der Waals surface area contributed by atoms with Gasteiger partial charge in [0.1, 0.15) is 18.8 Å². The number of rotatable bonds is 10. The largest absolute Gasteiger partial charge is 0.445 e. The van der Waals surface area contributed by atoms with Gasteiger partial charge in [0, 0.05) is 6.54 Å². The summed E-state index contributed by atoms with van der Waals surface area (Å²) in [4.78, 5) is 51.0. The summed E-state index contributed by atoms with van der Waals surface area (Å²) in [7, 11) is 0. The van der Waals surface area contributed by atoms with Crippen LogP contribution < -0.4 is 21.4 Å². The molecular formula is C19H28N4O7. The van der Waals surface area contributed by atoms with Crippen molar-refractivity contribution in [3.63, 3.8) is 0 Å². The van der Waals surface area contributed by atoms with E-state index in [9.17, 15) is 19.2 Å². The van der Waals surface area contributed by atoms with Gasteiger partial charge in [-0.2, -0.15) is 5.48 Å². The summed E-state index contributed by atoms with van der Waals surface area (Å²) in [5, 5.41) is 7.11. The van der Waals surface area contributed by atoms with Gasteiger partial charge in [0.25, 0.3) is 0 Å². The Morgan fingerprint density at radius 3 is 2.17 bits per heavy atom. The fourth-order valence-electron chi connectivity index (χ4n) is 1.88. The average molecular weight is 424 g/mol. The van der Waals surface area contributed by atoms with Crippen molar-refractivity contribution in [1.29, 1.82) is 0 Å². The van der Waals surface area contributed by atoms with E-state index in [0.29, 0.717) is 0 Å². The highest BCUT2D eigenvalue weighted by atomic mass is 16.7. The number of amides is 4. The minimum atomic E-state index is -0.743. The number of hydrogen-bond donors (Lipinski definition) is 4. The van der Waals surface area contributed by atoms with Crippen molar-refractivity contribution in [2.24, 2.45) is 0 Å². The number of carbonyl (C=O) groups excluding carboxylic acids is 4. The van der Waals surface area contributed by atoms with E-state index in [4.69, 9.17) is 14.3 Å². The van der Waals surface area contributed by atoms with Gasteiger partial charge in [0.2, 0.25) is 11.8 Å². The van der Waals surface area contributed by atoms with Crippen molar-refractivity contribution in [3.05, 3.63) is 35.9 Å². The fourth-order valence-corrected chi connectivity index (χ4v) is 1.88. The summed E-state index contributed by atoms with van der Waals surface area (Å²) in [5.41, 5.74) is 2.25. The Kier molecular flexibility index (Phi) is 10.7. The molecule has 0 spiro atoms. The van der Waals surface area contributed by atoms with E-state index < -0.39 is 29.6 Å². The number of benzene rings is 1. The molecule has 0 saturated carbocycles. The molecule has 166 valence electrons. The molecule has 4 N–H and O–H groups in total. The summed E-state index contributed by atoms with van der Waals surface area (Å²) in [6.07, 6.45) is -1.48. The summed E-state index contributed by atoms with van der Waals surface area (Å²) in [5.74, 6) is -1.01. The summed E-state index contributed by atoms with van der Waals surface area (Å²) in [6, 6.07) is 9.09. The third-order valence-corrected chi connectivity index (χ3v) is 3.13. The van der Waals surface area contributed by atoms with Gasteiger partial charge in [0.05, 0.1) is 13.2 Å². The van der Waals surface area contributed by atoms with Gasteiger partial charge in [-0.15, -0.1) is 0 Å². The lowest BCUT2D eigenvalue weighted by Crippen LogP contribution is -2.43. The van der Waals surface area contributed by atoms with Crippen molar-refractivity contribution < 1.29 is 33.5 Å². The molecule has 0 unspecified atom stereocenters. The third kappa shape index (κ3) is 12.9. The molecule has 11 heteroatoms. The van der Waals surface area contributed by atoms with Crippen LogP contribution in [-0.4, -0.2) is 55.8 Å². The van der Waals surface area contributed by atoms with Gasteiger partial charge in [-0.25, -0.2) is 9.59 Å². The molecule has 4 amide bonds. The Morgan fingerprint density at radius 2 is 1.50 bits per heavy atom. The number of alkyl carbamates (subject to hydrolysis) is 1. The highest BCUT2D eigenvalue weighted by molar-refractivity contribution is 5.87. The first-order chi connectivity index (χ1) is 14.2. The van der Waals surface area contributed by atoms with Gasteiger partial charge < -0.3 is 25.4 Å². The zero-order valence-electron chi connectivity index (χ0n) is 17.3. The van der Waals surface area contributed by atoms with E-state index in [1.807, 2.05) is 18.2 Å². The van der Waals surface area contributed by atoms with Crippen LogP contribution in [0.15, 0.2) is 30.3 Å². The fraction of sp³-hybridized carbons (Fsp3) is 0.474. The standard InChI is InChI=1S/C19H28N4O7/c1-19(2,3)30-18(27)23-29-10-9-20-15(24)11-21-16(25)12-22-17(26)28-13-14-7-5-4-6-8-14/h4-8H,9-13H2,1-3H3,(H,20,24)(H,21,25)(H,22,26)(H,23,27). The molecular weight excluding hydrogens is 396 g/mol. The summed E-state index contributed by atoms with van der Waals surface area (Å²) in [6.45, 7) is 4.73. The lowest BCUT2D eigenvalue weighted by Gasteiger charge is -2.19. The van der Waals surface area contributed by atoms with Crippen molar-refractivity contribution in [2.75, 3.05) is 26.2 Å². The van der Waals surface area contributed by atoms with Crippen molar-refractivity contribution >= 4 is 24.0 Å². The SMILES string of the molecule is CC(C)(C)OC(=O)NOCCNC(=O)CNC(=O)CNC(=O)OCc1ccccc1. The molecule has 0 heterocycles. The monoisotopic (exact) mass is 424 g/mol. The smallest absolute Gasteiger partial charge is 0.431 e. The maximum atomic E-state index is 11.6. The van der Waals surface area contributed by atoms with Crippen LogP contribution >= 0.6 is 0 Å². The Hall–Kier alpha value is -3.34. The minimum Gasteiger partial charge on any atom is -0.445 e. The first-order valence-electron chi connectivity index (χ1n) is 9.24. The molecule has 0 aliphatic heterocycles. The Morgan fingerprint density at radius 1 is 0.867 bits per heavy atom. The Balaban J connectivity index is 2.04. The molecule has 30 heavy (non-hydrogen) atoms. The number of hydroxylamine groups is 1. The molecule has 0 fully saturated rings. The van der Waals surface area contributed by atoms with Gasteiger partial charge in [0.15, 0.2) is 0 Å². The van der Waals surface area contributed by atoms with E-state index in [1.165, 1.54) is 0 Å². The first-order valence-corrected chi connectivity index (χ1v) is 9.24. The van der Waals surface area contributed by atoms with Crippen molar-refractivity contribution in [2.45, 2.75) is 33.0 Å². The van der Waals surface area contributed by atoms with E-state index in [1.54, 1.807) is 32.9 Å². The number of hydrogen-bond acceptors (Lipinski definition) is 7. The molecule has 0 radical (unpaired) electrons. The van der Waals surface area contributed by atoms with E-state index >= 15 is 0 Å². The highest BCUT2D eigenvalue weighted by Crippen LogP contribution is 2.06. The van der Waals surface area contributed by atoms with E-state index in [-0.39, 0.29) is 32.8 Å². The lowest BCUT2D eigenvalue weighted by atomic mass is 10.2. The second kappa shape index (κ2) is 13.0. The predicted molar refractivity (Wildman–Crippen MR) is 106 cm³/mol. The van der Waals surface area contributed by atoms with Crippen molar-refractivity contribution in [1.82, 2.24) is 21.4 Å². The van der Waals surface area contributed by atoms with Crippen LogP contribution in [0.4, 0.5) is 9.59 Å². The van der Waals surface area contributed by atoms with E-state index in [2.05, 4.69) is 21.4 Å². The second-order valence-electron chi connectivity index (χ2n) is 6.99. The van der Waals surface area contributed by atoms with Crippen LogP contribution in [0.25, 0.3) is 0 Å². The molecule has 0 atom stereocenters. The zero-order valence-corrected chi connectivity index (χ0v) is 17.3. The average Bonchev–Trinajstić information content (AvgIpc) is 2.68. The molecule has 1 aromatic carbocycles. The maximum absolute atomic E-state index is 11.6. The quantitative estimate of drug-likeness (QED) is 0.318. The molecule has 0 aliphatic rings. The normalized spacial score (nSPS) is 10.5. The second-order valence-corrected chi connectivity index (χ2v) is 6.99. The van der Waals surface area contributed by atoms with Gasteiger partial charge in [-0.05, 0) is 26.3 Å². The van der Waals surface area contributed by atoms with Crippen LogP contribution in [0.1, 0.15) is 26.3 Å². The highest BCUT2D eigenvalue weighted by Gasteiger charge is 2.16. The van der Waals surface area contributed by atoms with Gasteiger partial charge in [-0.1, -0.05) is 30.3 Å².